The van der Waals surface area contributed by atoms with Gasteiger partial charge in [0.15, 0.2) is 0 Å². The summed E-state index contributed by atoms with van der Waals surface area (Å²) < 4.78 is 17.7. The summed E-state index contributed by atoms with van der Waals surface area (Å²) in [5.41, 5.74) is 0. The fourth-order valence-corrected chi connectivity index (χ4v) is 1.68. The molecule has 1 rings (SSSR count). The van der Waals surface area contributed by atoms with Crippen LogP contribution in [0.25, 0.3) is 0 Å². The molecule has 8 nitrogen and oxygen atoms in total. The summed E-state index contributed by atoms with van der Waals surface area (Å²) in [5.74, 6) is 0.361. The molecule has 20 heavy (non-hydrogen) atoms. The Bertz CT molecular complexity index is 363. The van der Waals surface area contributed by atoms with Crippen LogP contribution in [0, 0.1) is 0 Å². The van der Waals surface area contributed by atoms with Crippen molar-refractivity contribution in [1.29, 1.82) is 0 Å². The zero-order valence-corrected chi connectivity index (χ0v) is 12.2. The number of nitrogens with zero attached hydrogens (tertiary/aromatic N) is 2. The summed E-state index contributed by atoms with van der Waals surface area (Å²) >= 11 is 1.05. The third-order valence-electron chi connectivity index (χ3n) is 2.30. The first kappa shape index (κ1) is 16.8. The predicted molar refractivity (Wildman–Crippen MR) is 73.8 cm³/mol. The molecule has 1 amide bonds. The summed E-state index contributed by atoms with van der Waals surface area (Å²) in [4.78, 5) is 11.3. The van der Waals surface area contributed by atoms with E-state index in [-0.39, 0.29) is 12.5 Å². The standard InChI is InChI=1S/C11H20N4O4S/c1-18-5-4-13-10(17)2-3-12-6-9(16)8-19-11-7-14-20-15-11/h7,9,12,16H,2-6,8H2,1H3,(H,13,17). The highest BCUT2D eigenvalue weighted by Gasteiger charge is 2.07. The molecule has 0 radical (unpaired) electrons. The lowest BCUT2D eigenvalue weighted by Gasteiger charge is -2.11. The minimum absolute atomic E-state index is 0.0474. The number of hydrogen-bond acceptors (Lipinski definition) is 8. The molecule has 9 heteroatoms. The van der Waals surface area contributed by atoms with Crippen molar-refractivity contribution in [2.45, 2.75) is 12.5 Å². The number of rotatable bonds is 11. The van der Waals surface area contributed by atoms with Crippen molar-refractivity contribution in [2.24, 2.45) is 0 Å². The number of amides is 1. The van der Waals surface area contributed by atoms with E-state index in [1.54, 1.807) is 7.11 Å². The summed E-state index contributed by atoms with van der Waals surface area (Å²) in [6.45, 7) is 1.99. The third kappa shape index (κ3) is 8.00. The molecule has 0 aromatic carbocycles. The van der Waals surface area contributed by atoms with E-state index < -0.39 is 6.10 Å². The van der Waals surface area contributed by atoms with Crippen molar-refractivity contribution in [3.8, 4) is 5.88 Å². The van der Waals surface area contributed by atoms with Gasteiger partial charge in [-0.05, 0) is 0 Å². The average Bonchev–Trinajstić information content (AvgIpc) is 2.95. The van der Waals surface area contributed by atoms with E-state index in [2.05, 4.69) is 19.4 Å². The van der Waals surface area contributed by atoms with Crippen LogP contribution in [0.3, 0.4) is 0 Å². The maximum atomic E-state index is 11.3. The minimum atomic E-state index is -0.659. The number of ether oxygens (including phenoxy) is 2. The Morgan fingerprint density at radius 1 is 1.55 bits per heavy atom. The number of aliphatic hydroxyl groups is 1. The lowest BCUT2D eigenvalue weighted by atomic mass is 10.3. The Morgan fingerprint density at radius 3 is 3.10 bits per heavy atom. The van der Waals surface area contributed by atoms with E-state index in [0.29, 0.717) is 38.5 Å². The Hall–Kier alpha value is -1.29. The van der Waals surface area contributed by atoms with Gasteiger partial charge < -0.3 is 25.2 Å². The minimum Gasteiger partial charge on any atom is -0.473 e. The number of nitrogens with one attached hydrogen (secondary N) is 2. The maximum absolute atomic E-state index is 11.3. The van der Waals surface area contributed by atoms with Gasteiger partial charge in [0, 0.05) is 33.2 Å². The van der Waals surface area contributed by atoms with Crippen LogP contribution in [-0.4, -0.2) is 65.8 Å². The van der Waals surface area contributed by atoms with Crippen molar-refractivity contribution in [3.63, 3.8) is 0 Å². The van der Waals surface area contributed by atoms with E-state index in [9.17, 15) is 9.90 Å². The van der Waals surface area contributed by atoms with Gasteiger partial charge in [0.1, 0.15) is 18.9 Å². The normalized spacial score (nSPS) is 12.1. The molecular formula is C11H20N4O4S. The summed E-state index contributed by atoms with van der Waals surface area (Å²) in [5, 5.41) is 15.3. The molecule has 0 aliphatic carbocycles. The van der Waals surface area contributed by atoms with Crippen LogP contribution in [0.5, 0.6) is 5.88 Å². The Kier molecular flexibility index (Phi) is 8.79. The Morgan fingerprint density at radius 2 is 2.40 bits per heavy atom. The predicted octanol–water partition coefficient (Wildman–Crippen LogP) is -0.980. The largest absolute Gasteiger partial charge is 0.473 e. The van der Waals surface area contributed by atoms with E-state index >= 15 is 0 Å². The first-order valence-corrected chi connectivity index (χ1v) is 7.00. The molecule has 0 aliphatic rings. The highest BCUT2D eigenvalue weighted by Crippen LogP contribution is 2.04. The van der Waals surface area contributed by atoms with Crippen LogP contribution in [0.15, 0.2) is 6.20 Å². The molecule has 1 aromatic rings. The van der Waals surface area contributed by atoms with Gasteiger partial charge in [0.05, 0.1) is 18.3 Å². The van der Waals surface area contributed by atoms with Crippen LogP contribution in [0.1, 0.15) is 6.42 Å². The second-order valence-electron chi connectivity index (χ2n) is 4.01. The Balaban J connectivity index is 1.96. The van der Waals surface area contributed by atoms with E-state index in [1.807, 2.05) is 0 Å². The lowest BCUT2D eigenvalue weighted by molar-refractivity contribution is -0.121. The monoisotopic (exact) mass is 304 g/mol. The zero-order chi connectivity index (χ0) is 14.6. The first-order chi connectivity index (χ1) is 9.72. The molecule has 3 N–H and O–H groups in total. The fraction of sp³-hybridized carbons (Fsp3) is 0.727. The summed E-state index contributed by atoms with van der Waals surface area (Å²) in [7, 11) is 1.58. The lowest BCUT2D eigenvalue weighted by Crippen LogP contribution is -2.35. The smallest absolute Gasteiger partial charge is 0.245 e. The van der Waals surface area contributed by atoms with Gasteiger partial charge in [-0.15, -0.1) is 4.37 Å². The van der Waals surface area contributed by atoms with Gasteiger partial charge in [-0.1, -0.05) is 0 Å². The van der Waals surface area contributed by atoms with Gasteiger partial charge in [0.2, 0.25) is 11.8 Å². The molecule has 1 atom stereocenters. The van der Waals surface area contributed by atoms with Gasteiger partial charge in [-0.3, -0.25) is 4.79 Å². The number of methoxy groups -OCH3 is 1. The van der Waals surface area contributed by atoms with Crippen molar-refractivity contribution in [1.82, 2.24) is 19.4 Å². The van der Waals surface area contributed by atoms with E-state index in [0.717, 1.165) is 11.7 Å². The van der Waals surface area contributed by atoms with Crippen LogP contribution >= 0.6 is 11.7 Å². The molecule has 0 fully saturated rings. The highest BCUT2D eigenvalue weighted by molar-refractivity contribution is 6.99. The van der Waals surface area contributed by atoms with E-state index in [4.69, 9.17) is 9.47 Å². The SMILES string of the molecule is COCCNC(=O)CCNCC(O)COc1cnsn1. The zero-order valence-electron chi connectivity index (χ0n) is 11.4. The number of carbonyl (C=O) groups is 1. The third-order valence-corrected chi connectivity index (χ3v) is 2.76. The summed E-state index contributed by atoms with van der Waals surface area (Å²) in [6.07, 6.45) is 1.19. The Labute approximate surface area is 121 Å². The molecule has 1 aromatic heterocycles. The second kappa shape index (κ2) is 10.5. The number of carbonyl (C=O) groups excluding carboxylic acids is 1. The van der Waals surface area contributed by atoms with Crippen molar-refractivity contribution >= 4 is 17.6 Å². The first-order valence-electron chi connectivity index (χ1n) is 6.27. The molecule has 0 aliphatic heterocycles. The molecule has 1 heterocycles. The van der Waals surface area contributed by atoms with Gasteiger partial charge in [-0.2, -0.15) is 4.37 Å². The van der Waals surface area contributed by atoms with Crippen LogP contribution in [0.2, 0.25) is 0 Å². The highest BCUT2D eigenvalue weighted by atomic mass is 32.1. The van der Waals surface area contributed by atoms with E-state index in [1.165, 1.54) is 6.20 Å². The number of aromatic nitrogens is 2. The molecule has 0 spiro atoms. The molecule has 114 valence electrons. The van der Waals surface area contributed by atoms with Gasteiger partial charge in [-0.25, -0.2) is 0 Å². The molecule has 1 unspecified atom stereocenters. The summed E-state index contributed by atoms with van der Waals surface area (Å²) in [6, 6.07) is 0. The van der Waals surface area contributed by atoms with Crippen molar-refractivity contribution in [2.75, 3.05) is 40.0 Å². The van der Waals surface area contributed by atoms with Crippen LogP contribution < -0.4 is 15.4 Å². The molecule has 0 saturated carbocycles. The number of aliphatic hydroxyl groups excluding tert-OH is 1. The van der Waals surface area contributed by atoms with Crippen LogP contribution in [-0.2, 0) is 9.53 Å². The van der Waals surface area contributed by atoms with Gasteiger partial charge >= 0.3 is 0 Å². The molecule has 0 bridgehead atoms. The molecule has 0 saturated heterocycles. The number of hydrogen-bond donors (Lipinski definition) is 3. The van der Waals surface area contributed by atoms with Crippen molar-refractivity contribution < 1.29 is 19.4 Å². The second-order valence-corrected chi connectivity index (χ2v) is 4.56. The fourth-order valence-electron chi connectivity index (χ4n) is 1.31. The molecular weight excluding hydrogens is 284 g/mol. The van der Waals surface area contributed by atoms with Crippen LogP contribution in [0.4, 0.5) is 0 Å². The van der Waals surface area contributed by atoms with Gasteiger partial charge in [0.25, 0.3) is 0 Å². The maximum Gasteiger partial charge on any atom is 0.245 e. The average molecular weight is 304 g/mol. The van der Waals surface area contributed by atoms with Crippen molar-refractivity contribution in [3.05, 3.63) is 6.20 Å². The quantitative estimate of drug-likeness (QED) is 0.451. The topological polar surface area (TPSA) is 106 Å².